The molecule has 1 saturated heterocycles. The van der Waals surface area contributed by atoms with Crippen LogP contribution < -0.4 is 10.6 Å². The molecular weight excluding hydrogens is 202 g/mol. The first kappa shape index (κ1) is 13.3. The Morgan fingerprint density at radius 2 is 2.06 bits per heavy atom. The lowest BCUT2D eigenvalue weighted by Gasteiger charge is -2.33. The van der Waals surface area contributed by atoms with Crippen molar-refractivity contribution < 1.29 is 4.79 Å². The minimum atomic E-state index is 0.114. The van der Waals surface area contributed by atoms with Gasteiger partial charge in [0.1, 0.15) is 0 Å². The molecule has 4 heteroatoms. The van der Waals surface area contributed by atoms with Crippen LogP contribution in [0.5, 0.6) is 0 Å². The van der Waals surface area contributed by atoms with Crippen molar-refractivity contribution in [1.82, 2.24) is 15.5 Å². The Morgan fingerprint density at radius 1 is 1.38 bits per heavy atom. The van der Waals surface area contributed by atoms with Gasteiger partial charge in [-0.05, 0) is 39.3 Å². The SMILES string of the molecule is CCCCNC(=O)N(CC)C1CCNCC1. The number of piperidine rings is 1. The van der Waals surface area contributed by atoms with Gasteiger partial charge in [0.15, 0.2) is 0 Å². The van der Waals surface area contributed by atoms with E-state index in [1.54, 1.807) is 0 Å². The Bertz CT molecular complexity index is 202. The standard InChI is InChI=1S/C12H25N3O/c1-3-5-8-14-12(16)15(4-2)11-6-9-13-10-7-11/h11,13H,3-10H2,1-2H3,(H,14,16). The highest BCUT2D eigenvalue weighted by atomic mass is 16.2. The molecule has 0 spiro atoms. The average Bonchev–Trinajstić information content (AvgIpc) is 2.32. The van der Waals surface area contributed by atoms with Crippen LogP contribution in [0.15, 0.2) is 0 Å². The number of hydrogen-bond donors (Lipinski definition) is 2. The van der Waals surface area contributed by atoms with Crippen LogP contribution in [-0.4, -0.2) is 43.2 Å². The Kier molecular flexibility index (Phi) is 6.23. The van der Waals surface area contributed by atoms with Crippen LogP contribution in [-0.2, 0) is 0 Å². The number of rotatable bonds is 5. The van der Waals surface area contributed by atoms with Gasteiger partial charge in [0.2, 0.25) is 0 Å². The molecule has 0 atom stereocenters. The van der Waals surface area contributed by atoms with Gasteiger partial charge in [-0.1, -0.05) is 13.3 Å². The monoisotopic (exact) mass is 227 g/mol. The number of urea groups is 1. The lowest BCUT2D eigenvalue weighted by atomic mass is 10.1. The molecule has 0 saturated carbocycles. The maximum atomic E-state index is 11.9. The molecule has 4 nitrogen and oxygen atoms in total. The molecule has 0 aromatic carbocycles. The first-order valence-corrected chi connectivity index (χ1v) is 6.54. The fourth-order valence-corrected chi connectivity index (χ4v) is 2.16. The molecule has 1 fully saturated rings. The van der Waals surface area contributed by atoms with Crippen LogP contribution in [0.2, 0.25) is 0 Å². The van der Waals surface area contributed by atoms with E-state index in [9.17, 15) is 4.79 Å². The normalized spacial score (nSPS) is 17.1. The number of carbonyl (C=O) groups excluding carboxylic acids is 1. The second-order valence-corrected chi connectivity index (χ2v) is 4.35. The van der Waals surface area contributed by atoms with E-state index in [4.69, 9.17) is 0 Å². The summed E-state index contributed by atoms with van der Waals surface area (Å²) in [5.74, 6) is 0. The molecule has 1 aliphatic heterocycles. The first-order valence-electron chi connectivity index (χ1n) is 6.54. The molecule has 0 unspecified atom stereocenters. The van der Waals surface area contributed by atoms with Crippen molar-refractivity contribution in [3.63, 3.8) is 0 Å². The summed E-state index contributed by atoms with van der Waals surface area (Å²) in [6.07, 6.45) is 4.35. The Hall–Kier alpha value is -0.770. The first-order chi connectivity index (χ1) is 7.79. The summed E-state index contributed by atoms with van der Waals surface area (Å²) >= 11 is 0. The van der Waals surface area contributed by atoms with Crippen molar-refractivity contribution in [2.45, 2.75) is 45.6 Å². The second-order valence-electron chi connectivity index (χ2n) is 4.35. The highest BCUT2D eigenvalue weighted by molar-refractivity contribution is 5.74. The number of hydrogen-bond acceptors (Lipinski definition) is 2. The summed E-state index contributed by atoms with van der Waals surface area (Å²) in [6.45, 7) is 7.87. The summed E-state index contributed by atoms with van der Waals surface area (Å²) in [4.78, 5) is 13.9. The van der Waals surface area contributed by atoms with Crippen molar-refractivity contribution in [2.24, 2.45) is 0 Å². The molecular formula is C12H25N3O. The van der Waals surface area contributed by atoms with Crippen LogP contribution in [0.3, 0.4) is 0 Å². The number of nitrogens with one attached hydrogen (secondary N) is 2. The number of unbranched alkanes of at least 4 members (excludes halogenated alkanes) is 1. The van der Waals surface area contributed by atoms with Gasteiger partial charge >= 0.3 is 6.03 Å². The zero-order valence-corrected chi connectivity index (χ0v) is 10.6. The third-order valence-corrected chi connectivity index (χ3v) is 3.16. The summed E-state index contributed by atoms with van der Waals surface area (Å²) in [5.41, 5.74) is 0. The van der Waals surface area contributed by atoms with Crippen LogP contribution >= 0.6 is 0 Å². The van der Waals surface area contributed by atoms with Crippen molar-refractivity contribution in [3.05, 3.63) is 0 Å². The zero-order chi connectivity index (χ0) is 11.8. The van der Waals surface area contributed by atoms with Gasteiger partial charge in [0.05, 0.1) is 0 Å². The molecule has 1 aliphatic rings. The summed E-state index contributed by atoms with van der Waals surface area (Å²) in [5, 5.41) is 6.33. The number of carbonyl (C=O) groups is 1. The fourth-order valence-electron chi connectivity index (χ4n) is 2.16. The van der Waals surface area contributed by atoms with E-state index >= 15 is 0 Å². The smallest absolute Gasteiger partial charge is 0.317 e. The Balaban J connectivity index is 2.35. The minimum absolute atomic E-state index is 0.114. The van der Waals surface area contributed by atoms with E-state index in [1.807, 2.05) is 4.90 Å². The zero-order valence-electron chi connectivity index (χ0n) is 10.6. The van der Waals surface area contributed by atoms with Gasteiger partial charge in [0.25, 0.3) is 0 Å². The van der Waals surface area contributed by atoms with Crippen molar-refractivity contribution in [2.75, 3.05) is 26.2 Å². The van der Waals surface area contributed by atoms with Gasteiger partial charge in [-0.15, -0.1) is 0 Å². The third-order valence-electron chi connectivity index (χ3n) is 3.16. The lowest BCUT2D eigenvalue weighted by molar-refractivity contribution is 0.163. The van der Waals surface area contributed by atoms with Crippen molar-refractivity contribution in [1.29, 1.82) is 0 Å². The van der Waals surface area contributed by atoms with E-state index in [-0.39, 0.29) is 6.03 Å². The molecule has 0 aromatic rings. The number of amides is 2. The van der Waals surface area contributed by atoms with Gasteiger partial charge in [-0.2, -0.15) is 0 Å². The molecule has 0 radical (unpaired) electrons. The maximum absolute atomic E-state index is 11.9. The maximum Gasteiger partial charge on any atom is 0.317 e. The van der Waals surface area contributed by atoms with Crippen molar-refractivity contribution in [3.8, 4) is 0 Å². The predicted octanol–water partition coefficient (Wildman–Crippen LogP) is 1.57. The molecule has 16 heavy (non-hydrogen) atoms. The molecule has 2 amide bonds. The molecule has 1 rings (SSSR count). The largest absolute Gasteiger partial charge is 0.338 e. The Morgan fingerprint density at radius 3 is 2.62 bits per heavy atom. The van der Waals surface area contributed by atoms with Crippen LogP contribution in [0.25, 0.3) is 0 Å². The van der Waals surface area contributed by atoms with Crippen LogP contribution in [0.4, 0.5) is 4.79 Å². The topological polar surface area (TPSA) is 44.4 Å². The fraction of sp³-hybridized carbons (Fsp3) is 0.917. The third kappa shape index (κ3) is 4.00. The van der Waals surface area contributed by atoms with Gasteiger partial charge in [0, 0.05) is 19.1 Å². The predicted molar refractivity (Wildman–Crippen MR) is 66.6 cm³/mol. The quantitative estimate of drug-likeness (QED) is 0.700. The average molecular weight is 227 g/mol. The van der Waals surface area contributed by atoms with E-state index in [0.29, 0.717) is 6.04 Å². The molecule has 1 heterocycles. The van der Waals surface area contributed by atoms with Crippen LogP contribution in [0.1, 0.15) is 39.5 Å². The molecule has 2 N–H and O–H groups in total. The van der Waals surface area contributed by atoms with E-state index in [0.717, 1.165) is 51.9 Å². The highest BCUT2D eigenvalue weighted by Gasteiger charge is 2.23. The Labute approximate surface area is 98.8 Å². The van der Waals surface area contributed by atoms with E-state index in [1.165, 1.54) is 0 Å². The van der Waals surface area contributed by atoms with Gasteiger partial charge in [-0.25, -0.2) is 4.79 Å². The number of nitrogens with zero attached hydrogens (tertiary/aromatic N) is 1. The van der Waals surface area contributed by atoms with Gasteiger partial charge < -0.3 is 15.5 Å². The summed E-state index contributed by atoms with van der Waals surface area (Å²) in [7, 11) is 0. The van der Waals surface area contributed by atoms with E-state index in [2.05, 4.69) is 24.5 Å². The van der Waals surface area contributed by atoms with Gasteiger partial charge in [-0.3, -0.25) is 0 Å². The molecule has 0 bridgehead atoms. The lowest BCUT2D eigenvalue weighted by Crippen LogP contribution is -2.50. The van der Waals surface area contributed by atoms with Crippen molar-refractivity contribution >= 4 is 6.03 Å². The molecule has 0 aliphatic carbocycles. The second kappa shape index (κ2) is 7.49. The van der Waals surface area contributed by atoms with Crippen LogP contribution in [0, 0.1) is 0 Å². The molecule has 94 valence electrons. The summed E-state index contributed by atoms with van der Waals surface area (Å²) < 4.78 is 0. The van der Waals surface area contributed by atoms with E-state index < -0.39 is 0 Å². The summed E-state index contributed by atoms with van der Waals surface area (Å²) in [6, 6.07) is 0.538. The minimum Gasteiger partial charge on any atom is -0.338 e. The highest BCUT2D eigenvalue weighted by Crippen LogP contribution is 2.11. The molecule has 0 aromatic heterocycles.